The number of hydrogen-bond acceptors (Lipinski definition) is 2. The zero-order valence-corrected chi connectivity index (χ0v) is 7.71. The molecule has 2 heteroatoms. The minimum absolute atomic E-state index is 0.203. The number of ether oxygens (including phenoxy) is 1. The fourth-order valence-electron chi connectivity index (χ4n) is 1.72. The lowest BCUT2D eigenvalue weighted by Crippen LogP contribution is -2.07. The van der Waals surface area contributed by atoms with Crippen molar-refractivity contribution >= 4 is 5.97 Å². The molecule has 1 rings (SSSR count). The molecule has 1 aliphatic rings. The number of hydrogen-bond donors (Lipinski definition) is 0. The molecule has 0 aromatic carbocycles. The Kier molecular flexibility index (Phi) is 4.12. The minimum Gasteiger partial charge on any atom is -0.459 e. The number of esters is 1. The van der Waals surface area contributed by atoms with Crippen LogP contribution < -0.4 is 0 Å². The topological polar surface area (TPSA) is 26.3 Å². The second kappa shape index (κ2) is 5.18. The summed E-state index contributed by atoms with van der Waals surface area (Å²) in [6.45, 7) is 3.11. The van der Waals surface area contributed by atoms with Crippen molar-refractivity contribution in [1.29, 1.82) is 0 Å². The molecule has 0 spiro atoms. The van der Waals surface area contributed by atoms with E-state index >= 15 is 0 Å². The molecule has 69 valence electrons. The van der Waals surface area contributed by atoms with Crippen LogP contribution >= 0.6 is 0 Å². The quantitative estimate of drug-likeness (QED) is 0.607. The second-order valence-electron chi connectivity index (χ2n) is 3.52. The maximum atomic E-state index is 10.4. The molecule has 0 aromatic heterocycles. The van der Waals surface area contributed by atoms with Crippen molar-refractivity contribution in [3.8, 4) is 0 Å². The van der Waals surface area contributed by atoms with Crippen LogP contribution in [0.4, 0.5) is 0 Å². The van der Waals surface area contributed by atoms with Crippen molar-refractivity contribution in [2.45, 2.75) is 45.4 Å². The molecule has 0 unspecified atom stereocenters. The molecular formula is C10H17O2. The molecule has 2 nitrogen and oxygen atoms in total. The van der Waals surface area contributed by atoms with E-state index in [9.17, 15) is 4.79 Å². The van der Waals surface area contributed by atoms with Crippen LogP contribution in [0.3, 0.4) is 0 Å². The predicted octanol–water partition coefficient (Wildman–Crippen LogP) is 2.68. The predicted molar refractivity (Wildman–Crippen MR) is 47.3 cm³/mol. The fraction of sp³-hybridized carbons (Fsp3) is 0.800. The fourth-order valence-corrected chi connectivity index (χ4v) is 1.72. The Morgan fingerprint density at radius 2 is 2.08 bits per heavy atom. The van der Waals surface area contributed by atoms with E-state index in [1.165, 1.54) is 39.0 Å². The highest BCUT2D eigenvalue weighted by atomic mass is 16.5. The normalized spacial score (nSPS) is 19.1. The van der Waals surface area contributed by atoms with Crippen molar-refractivity contribution in [2.75, 3.05) is 0 Å². The monoisotopic (exact) mass is 169 g/mol. The standard InChI is InChI=1S/C10H17O2/c1-9(11)12-8-7-10-5-3-2-4-6-10/h8,10H,2-7H2,1H3. The van der Waals surface area contributed by atoms with E-state index in [1.807, 2.05) is 0 Å². The Bertz CT molecular complexity index is 137. The molecule has 0 aromatic rings. The molecule has 0 aliphatic heterocycles. The van der Waals surface area contributed by atoms with Gasteiger partial charge in [0.05, 0.1) is 0 Å². The van der Waals surface area contributed by atoms with E-state index in [0.29, 0.717) is 0 Å². The summed E-state index contributed by atoms with van der Waals surface area (Å²) in [5, 5.41) is 0. The van der Waals surface area contributed by atoms with Crippen LogP contribution in [0.5, 0.6) is 0 Å². The van der Waals surface area contributed by atoms with Gasteiger partial charge in [-0.05, 0) is 12.3 Å². The van der Waals surface area contributed by atoms with Crippen LogP contribution in [-0.2, 0) is 9.53 Å². The molecule has 0 saturated heterocycles. The van der Waals surface area contributed by atoms with E-state index in [0.717, 1.165) is 12.3 Å². The SMILES string of the molecule is CC(=O)O[CH]CC1CCCCC1. The molecule has 0 N–H and O–H groups in total. The van der Waals surface area contributed by atoms with Crippen LogP contribution in [0.2, 0.25) is 0 Å². The van der Waals surface area contributed by atoms with Crippen LogP contribution in [0.1, 0.15) is 45.4 Å². The summed E-state index contributed by atoms with van der Waals surface area (Å²) in [6, 6.07) is 0. The molecule has 12 heavy (non-hydrogen) atoms. The second-order valence-corrected chi connectivity index (χ2v) is 3.52. The van der Waals surface area contributed by atoms with Crippen molar-refractivity contribution in [2.24, 2.45) is 5.92 Å². The van der Waals surface area contributed by atoms with Crippen LogP contribution in [0, 0.1) is 12.5 Å². The van der Waals surface area contributed by atoms with Crippen molar-refractivity contribution < 1.29 is 9.53 Å². The molecule has 1 fully saturated rings. The van der Waals surface area contributed by atoms with Crippen LogP contribution in [0.15, 0.2) is 0 Å². The third-order valence-electron chi connectivity index (χ3n) is 2.40. The number of carbonyl (C=O) groups is 1. The summed E-state index contributed by atoms with van der Waals surface area (Å²) in [6.07, 6.45) is 7.62. The highest BCUT2D eigenvalue weighted by Gasteiger charge is 2.13. The van der Waals surface area contributed by atoms with E-state index in [1.54, 1.807) is 6.61 Å². The van der Waals surface area contributed by atoms with Gasteiger partial charge in [-0.1, -0.05) is 32.1 Å². The first-order chi connectivity index (χ1) is 5.79. The summed E-state index contributed by atoms with van der Waals surface area (Å²) < 4.78 is 4.78. The average Bonchev–Trinajstić information content (AvgIpc) is 2.05. The maximum absolute atomic E-state index is 10.4. The summed E-state index contributed by atoms with van der Waals surface area (Å²) in [5.74, 6) is 0.559. The summed E-state index contributed by atoms with van der Waals surface area (Å²) in [7, 11) is 0. The van der Waals surface area contributed by atoms with Crippen LogP contribution in [0.25, 0.3) is 0 Å². The molecule has 0 heterocycles. The van der Waals surface area contributed by atoms with Gasteiger partial charge in [-0.15, -0.1) is 0 Å². The Morgan fingerprint density at radius 3 is 2.67 bits per heavy atom. The van der Waals surface area contributed by atoms with E-state index in [-0.39, 0.29) is 5.97 Å². The molecule has 0 amide bonds. The average molecular weight is 169 g/mol. The first-order valence-corrected chi connectivity index (χ1v) is 4.78. The number of carbonyl (C=O) groups excluding carboxylic acids is 1. The van der Waals surface area contributed by atoms with Gasteiger partial charge < -0.3 is 4.74 Å². The number of rotatable bonds is 3. The third kappa shape index (κ3) is 3.74. The van der Waals surface area contributed by atoms with Crippen molar-refractivity contribution in [3.63, 3.8) is 0 Å². The molecular weight excluding hydrogens is 152 g/mol. The van der Waals surface area contributed by atoms with Crippen LogP contribution in [-0.4, -0.2) is 5.97 Å². The Labute approximate surface area is 74.3 Å². The minimum atomic E-state index is -0.203. The Morgan fingerprint density at radius 1 is 1.42 bits per heavy atom. The largest absolute Gasteiger partial charge is 0.459 e. The summed E-state index contributed by atoms with van der Waals surface area (Å²) >= 11 is 0. The van der Waals surface area contributed by atoms with Gasteiger partial charge in [0.25, 0.3) is 0 Å². The third-order valence-corrected chi connectivity index (χ3v) is 2.40. The summed E-state index contributed by atoms with van der Waals surface area (Å²) in [5.41, 5.74) is 0. The lowest BCUT2D eigenvalue weighted by Gasteiger charge is -2.20. The molecule has 0 bridgehead atoms. The van der Waals surface area contributed by atoms with Gasteiger partial charge in [0, 0.05) is 6.92 Å². The first-order valence-electron chi connectivity index (χ1n) is 4.78. The molecule has 1 saturated carbocycles. The van der Waals surface area contributed by atoms with Gasteiger partial charge in [-0.3, -0.25) is 4.79 Å². The maximum Gasteiger partial charge on any atom is 0.303 e. The molecule has 0 atom stereocenters. The van der Waals surface area contributed by atoms with Gasteiger partial charge >= 0.3 is 5.97 Å². The highest BCUT2D eigenvalue weighted by molar-refractivity contribution is 5.66. The highest BCUT2D eigenvalue weighted by Crippen LogP contribution is 2.26. The van der Waals surface area contributed by atoms with Crippen molar-refractivity contribution in [3.05, 3.63) is 6.61 Å². The smallest absolute Gasteiger partial charge is 0.303 e. The van der Waals surface area contributed by atoms with Gasteiger partial charge in [-0.2, -0.15) is 0 Å². The van der Waals surface area contributed by atoms with E-state index in [4.69, 9.17) is 4.74 Å². The van der Waals surface area contributed by atoms with E-state index in [2.05, 4.69) is 0 Å². The van der Waals surface area contributed by atoms with Gasteiger partial charge in [0.15, 0.2) is 0 Å². The first kappa shape index (κ1) is 9.56. The Hall–Kier alpha value is -0.530. The lowest BCUT2D eigenvalue weighted by molar-refractivity contribution is -0.137. The van der Waals surface area contributed by atoms with E-state index < -0.39 is 0 Å². The zero-order valence-electron chi connectivity index (χ0n) is 7.71. The molecule has 1 radical (unpaired) electrons. The molecule has 1 aliphatic carbocycles. The van der Waals surface area contributed by atoms with Gasteiger partial charge in [-0.25, -0.2) is 0 Å². The lowest BCUT2D eigenvalue weighted by atomic mass is 9.87. The van der Waals surface area contributed by atoms with Crippen molar-refractivity contribution in [1.82, 2.24) is 0 Å². The Balaban J connectivity index is 2.01. The zero-order chi connectivity index (χ0) is 8.81. The summed E-state index contributed by atoms with van der Waals surface area (Å²) in [4.78, 5) is 10.4. The van der Waals surface area contributed by atoms with Gasteiger partial charge in [0.2, 0.25) is 0 Å². The van der Waals surface area contributed by atoms with Gasteiger partial charge in [0.1, 0.15) is 6.61 Å².